The number of aliphatic hydroxyl groups excluding tert-OH is 1. The van der Waals surface area contributed by atoms with E-state index in [-0.39, 0.29) is 0 Å². The van der Waals surface area contributed by atoms with Crippen LogP contribution in [0.5, 0.6) is 11.5 Å². The highest BCUT2D eigenvalue weighted by Gasteiger charge is 2.22. The molecule has 1 aromatic carbocycles. The number of likely N-dealkylation sites (N-methyl/N-ethyl adjacent to an activating group) is 1. The van der Waals surface area contributed by atoms with E-state index in [1.165, 1.54) is 7.11 Å². The van der Waals surface area contributed by atoms with Crippen LogP contribution >= 0.6 is 11.6 Å². The third-order valence-electron chi connectivity index (χ3n) is 2.55. The molecule has 0 aliphatic rings. The number of hydrogen-bond acceptors (Lipinski definition) is 4. The van der Waals surface area contributed by atoms with Crippen LogP contribution in [0.1, 0.15) is 17.2 Å². The van der Waals surface area contributed by atoms with Crippen LogP contribution in [0.25, 0.3) is 0 Å². The molecule has 0 aromatic heterocycles. The SMILES string of the molecule is CNCC(O)c1c(Cl)c(C)cc(OC)c1OC. The van der Waals surface area contributed by atoms with E-state index < -0.39 is 6.10 Å². The fourth-order valence-electron chi connectivity index (χ4n) is 1.73. The van der Waals surface area contributed by atoms with E-state index in [0.717, 1.165) is 5.56 Å². The van der Waals surface area contributed by atoms with Crippen LogP contribution in [0, 0.1) is 6.92 Å². The van der Waals surface area contributed by atoms with Gasteiger partial charge in [0.1, 0.15) is 0 Å². The van der Waals surface area contributed by atoms with E-state index in [1.807, 2.05) is 6.92 Å². The predicted octanol–water partition coefficient (Wildman–Crippen LogP) is 1.92. The monoisotopic (exact) mass is 259 g/mol. The van der Waals surface area contributed by atoms with Crippen LogP contribution in [0.15, 0.2) is 6.07 Å². The number of aryl methyl sites for hydroxylation is 1. The Morgan fingerprint density at radius 1 is 1.41 bits per heavy atom. The zero-order chi connectivity index (χ0) is 13.0. The summed E-state index contributed by atoms with van der Waals surface area (Å²) in [6.45, 7) is 2.25. The smallest absolute Gasteiger partial charge is 0.168 e. The molecule has 1 atom stereocenters. The highest BCUT2D eigenvalue weighted by Crippen LogP contribution is 2.41. The summed E-state index contributed by atoms with van der Waals surface area (Å²) in [5.41, 5.74) is 1.40. The number of ether oxygens (including phenoxy) is 2. The molecule has 0 aliphatic carbocycles. The Kier molecular flexibility index (Phi) is 5.05. The molecule has 1 aromatic rings. The molecule has 0 fully saturated rings. The van der Waals surface area contributed by atoms with Gasteiger partial charge in [-0.3, -0.25) is 0 Å². The summed E-state index contributed by atoms with van der Waals surface area (Å²) in [6, 6.07) is 1.79. The summed E-state index contributed by atoms with van der Waals surface area (Å²) in [6.07, 6.45) is -0.740. The number of aliphatic hydroxyl groups is 1. The molecule has 1 rings (SSSR count). The van der Waals surface area contributed by atoms with Gasteiger partial charge in [-0.1, -0.05) is 11.6 Å². The maximum atomic E-state index is 10.1. The van der Waals surface area contributed by atoms with Gasteiger partial charge in [0, 0.05) is 12.1 Å². The Balaban J connectivity index is 3.37. The lowest BCUT2D eigenvalue weighted by atomic mass is 10.0. The highest BCUT2D eigenvalue weighted by atomic mass is 35.5. The molecule has 0 radical (unpaired) electrons. The molecule has 0 bridgehead atoms. The quantitative estimate of drug-likeness (QED) is 0.848. The fraction of sp³-hybridized carbons (Fsp3) is 0.500. The van der Waals surface area contributed by atoms with Gasteiger partial charge in [0.25, 0.3) is 0 Å². The van der Waals surface area contributed by atoms with Crippen molar-refractivity contribution in [1.82, 2.24) is 5.32 Å². The largest absolute Gasteiger partial charge is 0.493 e. The lowest BCUT2D eigenvalue weighted by Crippen LogP contribution is -2.18. The Morgan fingerprint density at radius 2 is 2.06 bits per heavy atom. The van der Waals surface area contributed by atoms with Gasteiger partial charge in [-0.15, -0.1) is 0 Å². The molecular weight excluding hydrogens is 242 g/mol. The molecule has 0 aliphatic heterocycles. The maximum Gasteiger partial charge on any atom is 0.168 e. The molecule has 96 valence electrons. The molecule has 2 N–H and O–H groups in total. The van der Waals surface area contributed by atoms with E-state index in [2.05, 4.69) is 5.32 Å². The number of halogens is 1. The lowest BCUT2D eigenvalue weighted by molar-refractivity contribution is 0.172. The summed E-state index contributed by atoms with van der Waals surface area (Å²) in [5.74, 6) is 1.05. The highest BCUT2D eigenvalue weighted by molar-refractivity contribution is 6.32. The average Bonchev–Trinajstić information content (AvgIpc) is 2.31. The summed E-state index contributed by atoms with van der Waals surface area (Å²) in [7, 11) is 4.84. The van der Waals surface area contributed by atoms with E-state index in [4.69, 9.17) is 21.1 Å². The summed E-state index contributed by atoms with van der Waals surface area (Å²) in [5, 5.41) is 13.5. The standard InChI is InChI=1S/C12H18ClNO3/c1-7-5-9(16-3)12(17-4)10(11(7)13)8(15)6-14-2/h5,8,14-15H,6H2,1-4H3. The fourth-order valence-corrected chi connectivity index (χ4v) is 1.99. The molecule has 0 spiro atoms. The second-order valence-corrected chi connectivity index (χ2v) is 4.11. The van der Waals surface area contributed by atoms with Gasteiger partial charge < -0.3 is 19.9 Å². The van der Waals surface area contributed by atoms with Crippen molar-refractivity contribution >= 4 is 11.6 Å². The van der Waals surface area contributed by atoms with Crippen molar-refractivity contribution in [2.75, 3.05) is 27.8 Å². The Labute approximate surface area is 106 Å². The molecule has 0 amide bonds. The summed E-state index contributed by atoms with van der Waals surface area (Å²) < 4.78 is 10.5. The van der Waals surface area contributed by atoms with Crippen molar-refractivity contribution in [2.24, 2.45) is 0 Å². The van der Waals surface area contributed by atoms with Crippen molar-refractivity contribution in [1.29, 1.82) is 0 Å². The Morgan fingerprint density at radius 3 is 2.53 bits per heavy atom. The minimum Gasteiger partial charge on any atom is -0.493 e. The first kappa shape index (κ1) is 14.1. The Bertz CT molecular complexity index is 396. The van der Waals surface area contributed by atoms with Crippen molar-refractivity contribution in [3.8, 4) is 11.5 Å². The van der Waals surface area contributed by atoms with Gasteiger partial charge in [0.2, 0.25) is 0 Å². The van der Waals surface area contributed by atoms with Gasteiger partial charge in [0.05, 0.1) is 25.3 Å². The third kappa shape index (κ3) is 2.83. The van der Waals surface area contributed by atoms with Crippen LogP contribution < -0.4 is 14.8 Å². The molecule has 5 heteroatoms. The zero-order valence-corrected chi connectivity index (χ0v) is 11.3. The minimum absolute atomic E-state index is 0.392. The van der Waals surface area contributed by atoms with Gasteiger partial charge in [-0.25, -0.2) is 0 Å². The van der Waals surface area contributed by atoms with Crippen molar-refractivity contribution in [2.45, 2.75) is 13.0 Å². The normalized spacial score (nSPS) is 12.4. The molecule has 0 heterocycles. The van der Waals surface area contributed by atoms with E-state index in [9.17, 15) is 5.11 Å². The first-order valence-electron chi connectivity index (χ1n) is 5.30. The second-order valence-electron chi connectivity index (χ2n) is 3.73. The summed E-state index contributed by atoms with van der Waals surface area (Å²) >= 11 is 6.21. The van der Waals surface area contributed by atoms with Crippen LogP contribution in [0.4, 0.5) is 0 Å². The lowest BCUT2D eigenvalue weighted by Gasteiger charge is -2.20. The molecular formula is C12H18ClNO3. The molecule has 4 nitrogen and oxygen atoms in total. The van der Waals surface area contributed by atoms with Crippen LogP contribution in [0.3, 0.4) is 0 Å². The third-order valence-corrected chi connectivity index (χ3v) is 3.06. The van der Waals surface area contributed by atoms with Crippen LogP contribution in [0.2, 0.25) is 5.02 Å². The van der Waals surface area contributed by atoms with E-state index in [0.29, 0.717) is 28.6 Å². The Hall–Kier alpha value is -0.970. The first-order chi connectivity index (χ1) is 8.06. The average molecular weight is 260 g/mol. The van der Waals surface area contributed by atoms with Gasteiger partial charge in [-0.05, 0) is 25.6 Å². The van der Waals surface area contributed by atoms with Crippen molar-refractivity contribution in [3.63, 3.8) is 0 Å². The van der Waals surface area contributed by atoms with Crippen molar-refractivity contribution < 1.29 is 14.6 Å². The zero-order valence-electron chi connectivity index (χ0n) is 10.5. The molecule has 0 saturated heterocycles. The van der Waals surface area contributed by atoms with Crippen LogP contribution in [-0.2, 0) is 0 Å². The van der Waals surface area contributed by atoms with E-state index >= 15 is 0 Å². The number of hydrogen-bond donors (Lipinski definition) is 2. The minimum atomic E-state index is -0.740. The number of nitrogens with one attached hydrogen (secondary N) is 1. The summed E-state index contributed by atoms with van der Waals surface area (Å²) in [4.78, 5) is 0. The second kappa shape index (κ2) is 6.10. The van der Waals surface area contributed by atoms with Gasteiger partial charge >= 0.3 is 0 Å². The molecule has 17 heavy (non-hydrogen) atoms. The van der Waals surface area contributed by atoms with Crippen LogP contribution in [-0.4, -0.2) is 32.9 Å². The molecule has 0 saturated carbocycles. The maximum absolute atomic E-state index is 10.1. The van der Waals surface area contributed by atoms with Gasteiger partial charge in [-0.2, -0.15) is 0 Å². The number of methoxy groups -OCH3 is 2. The predicted molar refractivity (Wildman–Crippen MR) is 68.2 cm³/mol. The van der Waals surface area contributed by atoms with E-state index in [1.54, 1.807) is 20.2 Å². The van der Waals surface area contributed by atoms with Gasteiger partial charge in [0.15, 0.2) is 11.5 Å². The first-order valence-corrected chi connectivity index (χ1v) is 5.68. The topological polar surface area (TPSA) is 50.7 Å². The van der Waals surface area contributed by atoms with Crippen molar-refractivity contribution in [3.05, 3.63) is 22.2 Å². The number of rotatable bonds is 5. The number of benzene rings is 1. The molecule has 1 unspecified atom stereocenters.